The SMILES string of the molecule is CCCC(C1=CC=C(O)CC1(C)C(C)(C)C)C1=CC=C(O)CC1(C)C(C)(C)C. The molecule has 0 spiro atoms. The summed E-state index contributed by atoms with van der Waals surface area (Å²) < 4.78 is 0. The standard InChI is InChI=1S/C26H42O2/c1-10-11-20(21-14-12-18(27)16-25(21,8)23(2,3)4)22-15-13-19(28)17-26(22,9)24(5,6)7/h12-15,20,27-28H,10-11,16-17H2,1-9H3. The molecule has 2 rings (SSSR count). The Morgan fingerprint density at radius 3 is 1.43 bits per heavy atom. The number of hydrogen-bond acceptors (Lipinski definition) is 2. The Morgan fingerprint density at radius 1 is 0.786 bits per heavy atom. The Labute approximate surface area is 173 Å². The third-order valence-corrected chi connectivity index (χ3v) is 7.89. The Balaban J connectivity index is 2.69. The molecule has 2 unspecified atom stereocenters. The molecule has 158 valence electrons. The van der Waals surface area contributed by atoms with Gasteiger partial charge in [-0.25, -0.2) is 0 Å². The van der Waals surface area contributed by atoms with Crippen LogP contribution in [0.2, 0.25) is 0 Å². The van der Waals surface area contributed by atoms with Gasteiger partial charge in [-0.05, 0) is 29.4 Å². The van der Waals surface area contributed by atoms with Crippen molar-refractivity contribution in [2.75, 3.05) is 0 Å². The Kier molecular flexibility index (Phi) is 6.06. The van der Waals surface area contributed by atoms with E-state index in [4.69, 9.17) is 0 Å². The molecule has 0 saturated heterocycles. The summed E-state index contributed by atoms with van der Waals surface area (Å²) >= 11 is 0. The topological polar surface area (TPSA) is 40.5 Å². The van der Waals surface area contributed by atoms with Gasteiger partial charge in [-0.2, -0.15) is 0 Å². The number of rotatable bonds is 4. The van der Waals surface area contributed by atoms with Crippen molar-refractivity contribution < 1.29 is 10.2 Å². The van der Waals surface area contributed by atoms with E-state index in [1.807, 2.05) is 12.2 Å². The third-order valence-electron chi connectivity index (χ3n) is 7.89. The zero-order valence-electron chi connectivity index (χ0n) is 19.6. The van der Waals surface area contributed by atoms with Gasteiger partial charge in [-0.3, -0.25) is 0 Å². The lowest BCUT2D eigenvalue weighted by molar-refractivity contribution is 0.0958. The van der Waals surface area contributed by atoms with Crippen LogP contribution in [0.15, 0.2) is 47.0 Å². The van der Waals surface area contributed by atoms with Crippen LogP contribution in [0.5, 0.6) is 0 Å². The average molecular weight is 387 g/mol. The van der Waals surface area contributed by atoms with Gasteiger partial charge in [0.1, 0.15) is 0 Å². The van der Waals surface area contributed by atoms with E-state index in [1.54, 1.807) is 0 Å². The molecule has 2 nitrogen and oxygen atoms in total. The van der Waals surface area contributed by atoms with E-state index in [1.165, 1.54) is 11.1 Å². The summed E-state index contributed by atoms with van der Waals surface area (Å²) in [5.74, 6) is 1.27. The summed E-state index contributed by atoms with van der Waals surface area (Å²) in [5.41, 5.74) is 2.67. The van der Waals surface area contributed by atoms with Gasteiger partial charge in [0.2, 0.25) is 0 Å². The number of allylic oxidation sites excluding steroid dienone is 8. The van der Waals surface area contributed by atoms with Crippen molar-refractivity contribution in [3.8, 4) is 0 Å². The molecule has 0 fully saturated rings. The summed E-state index contributed by atoms with van der Waals surface area (Å²) in [4.78, 5) is 0. The Bertz CT molecular complexity index is 661. The predicted octanol–water partition coefficient (Wildman–Crippen LogP) is 8.05. The van der Waals surface area contributed by atoms with Crippen LogP contribution in [-0.4, -0.2) is 10.2 Å². The van der Waals surface area contributed by atoms with Gasteiger partial charge >= 0.3 is 0 Å². The quantitative estimate of drug-likeness (QED) is 0.513. The molecular weight excluding hydrogens is 344 g/mol. The molecular formula is C26H42O2. The summed E-state index contributed by atoms with van der Waals surface area (Å²) in [6.45, 7) is 20.6. The average Bonchev–Trinajstić information content (AvgIpc) is 2.52. The van der Waals surface area contributed by atoms with Crippen LogP contribution in [0.1, 0.15) is 88.0 Å². The van der Waals surface area contributed by atoms with E-state index in [0.717, 1.165) is 12.8 Å². The number of aliphatic hydroxyl groups is 2. The summed E-state index contributed by atoms with van der Waals surface area (Å²) in [5, 5.41) is 20.7. The van der Waals surface area contributed by atoms with Crippen LogP contribution >= 0.6 is 0 Å². The molecule has 0 radical (unpaired) electrons. The molecule has 2 aliphatic carbocycles. The summed E-state index contributed by atoms with van der Waals surface area (Å²) in [6.07, 6.45) is 11.7. The van der Waals surface area contributed by atoms with E-state index >= 15 is 0 Å². The lowest BCUT2D eigenvalue weighted by Crippen LogP contribution is -2.44. The summed E-state index contributed by atoms with van der Waals surface area (Å²) in [6, 6.07) is 0. The van der Waals surface area contributed by atoms with E-state index in [0.29, 0.717) is 30.3 Å². The van der Waals surface area contributed by atoms with Gasteiger partial charge in [0.05, 0.1) is 11.5 Å². The molecule has 0 aromatic carbocycles. The molecule has 0 aromatic heterocycles. The first-order valence-electron chi connectivity index (χ1n) is 10.9. The molecule has 2 aliphatic rings. The molecule has 0 aromatic rings. The molecule has 0 bridgehead atoms. The fourth-order valence-electron chi connectivity index (χ4n) is 4.95. The smallest absolute Gasteiger partial charge is 0.0931 e. The highest BCUT2D eigenvalue weighted by Gasteiger charge is 2.50. The van der Waals surface area contributed by atoms with Crippen molar-refractivity contribution in [1.82, 2.24) is 0 Å². The zero-order chi connectivity index (χ0) is 21.5. The van der Waals surface area contributed by atoms with Gasteiger partial charge in [-0.15, -0.1) is 0 Å². The molecule has 0 amide bonds. The lowest BCUT2D eigenvalue weighted by Gasteiger charge is -2.53. The first kappa shape index (κ1) is 22.8. The molecule has 0 saturated carbocycles. The van der Waals surface area contributed by atoms with Gasteiger partial charge in [0.15, 0.2) is 0 Å². The highest BCUT2D eigenvalue weighted by molar-refractivity contribution is 5.42. The van der Waals surface area contributed by atoms with E-state index < -0.39 is 0 Å². The zero-order valence-corrected chi connectivity index (χ0v) is 19.6. The Hall–Kier alpha value is -1.44. The lowest BCUT2D eigenvalue weighted by atomic mass is 9.51. The van der Waals surface area contributed by atoms with E-state index in [-0.39, 0.29) is 21.7 Å². The van der Waals surface area contributed by atoms with Crippen molar-refractivity contribution in [3.05, 3.63) is 47.0 Å². The minimum absolute atomic E-state index is 0.0262. The van der Waals surface area contributed by atoms with Crippen LogP contribution in [0.3, 0.4) is 0 Å². The molecule has 0 aliphatic heterocycles. The van der Waals surface area contributed by atoms with Crippen molar-refractivity contribution in [3.63, 3.8) is 0 Å². The van der Waals surface area contributed by atoms with Crippen LogP contribution in [-0.2, 0) is 0 Å². The van der Waals surface area contributed by atoms with Gasteiger partial charge in [0.25, 0.3) is 0 Å². The molecule has 28 heavy (non-hydrogen) atoms. The minimum atomic E-state index is -0.117. The first-order chi connectivity index (χ1) is 12.7. The minimum Gasteiger partial charge on any atom is -0.512 e. The van der Waals surface area contributed by atoms with Crippen LogP contribution in [0, 0.1) is 27.6 Å². The molecule has 2 atom stereocenters. The monoisotopic (exact) mass is 386 g/mol. The van der Waals surface area contributed by atoms with Crippen LogP contribution in [0.25, 0.3) is 0 Å². The Morgan fingerprint density at radius 2 is 1.14 bits per heavy atom. The fraction of sp³-hybridized carbons (Fsp3) is 0.692. The maximum atomic E-state index is 10.4. The fourth-order valence-corrected chi connectivity index (χ4v) is 4.95. The van der Waals surface area contributed by atoms with E-state index in [9.17, 15) is 10.2 Å². The van der Waals surface area contributed by atoms with Gasteiger partial charge in [-0.1, -0.05) is 92.0 Å². The predicted molar refractivity (Wildman–Crippen MR) is 120 cm³/mol. The maximum Gasteiger partial charge on any atom is 0.0931 e. The summed E-state index contributed by atoms with van der Waals surface area (Å²) in [7, 11) is 0. The number of hydrogen-bond donors (Lipinski definition) is 2. The molecule has 2 heteroatoms. The maximum absolute atomic E-state index is 10.4. The second-order valence-electron chi connectivity index (χ2n) is 11.4. The van der Waals surface area contributed by atoms with E-state index in [2.05, 4.69) is 74.5 Å². The largest absolute Gasteiger partial charge is 0.512 e. The van der Waals surface area contributed by atoms with Gasteiger partial charge < -0.3 is 10.2 Å². The van der Waals surface area contributed by atoms with Crippen LogP contribution < -0.4 is 0 Å². The van der Waals surface area contributed by atoms with Crippen molar-refractivity contribution >= 4 is 0 Å². The highest BCUT2D eigenvalue weighted by Crippen LogP contribution is 2.59. The van der Waals surface area contributed by atoms with Crippen molar-refractivity contribution in [2.45, 2.75) is 88.0 Å². The number of aliphatic hydroxyl groups excluding tert-OH is 2. The van der Waals surface area contributed by atoms with Crippen molar-refractivity contribution in [1.29, 1.82) is 0 Å². The third kappa shape index (κ3) is 3.84. The van der Waals surface area contributed by atoms with Crippen molar-refractivity contribution in [2.24, 2.45) is 27.6 Å². The normalized spacial score (nSPS) is 30.2. The van der Waals surface area contributed by atoms with Gasteiger partial charge in [0, 0.05) is 29.6 Å². The second kappa shape index (κ2) is 7.43. The van der Waals surface area contributed by atoms with Crippen LogP contribution in [0.4, 0.5) is 0 Å². The first-order valence-corrected chi connectivity index (χ1v) is 10.9. The highest BCUT2D eigenvalue weighted by atomic mass is 16.3. The molecule has 0 heterocycles. The molecule has 2 N–H and O–H groups in total. The second-order valence-corrected chi connectivity index (χ2v) is 11.4.